The third-order valence-corrected chi connectivity index (χ3v) is 4.04. The smallest absolute Gasteiger partial charge is 0.251 e. The summed E-state index contributed by atoms with van der Waals surface area (Å²) in [5, 5.41) is 2.88. The second-order valence-electron chi connectivity index (χ2n) is 6.40. The lowest BCUT2D eigenvalue weighted by Gasteiger charge is -2.27. The van der Waals surface area contributed by atoms with Crippen molar-refractivity contribution in [2.24, 2.45) is 11.7 Å². The number of rotatable bonds is 4. The first-order chi connectivity index (χ1) is 10.4. The monoisotopic (exact) mass is 339 g/mol. The van der Waals surface area contributed by atoms with Crippen molar-refractivity contribution in [3.8, 4) is 0 Å². The van der Waals surface area contributed by atoms with Crippen LogP contribution in [0.25, 0.3) is 0 Å². The van der Waals surface area contributed by atoms with Crippen molar-refractivity contribution in [1.82, 2.24) is 10.2 Å². The molecular weight excluding hydrogens is 314 g/mol. The van der Waals surface area contributed by atoms with Crippen molar-refractivity contribution in [1.29, 1.82) is 0 Å². The molecular formula is C17H26ClN3O2. The van der Waals surface area contributed by atoms with Gasteiger partial charge in [0.25, 0.3) is 5.91 Å². The molecule has 1 aliphatic rings. The summed E-state index contributed by atoms with van der Waals surface area (Å²) in [6.45, 7) is 7.06. The van der Waals surface area contributed by atoms with E-state index in [0.717, 1.165) is 12.0 Å². The molecule has 0 spiro atoms. The van der Waals surface area contributed by atoms with Crippen molar-refractivity contribution in [3.63, 3.8) is 0 Å². The minimum absolute atomic E-state index is 0. The van der Waals surface area contributed by atoms with Gasteiger partial charge in [-0.1, -0.05) is 31.5 Å². The zero-order chi connectivity index (χ0) is 16.3. The minimum Gasteiger partial charge on any atom is -0.340 e. The zero-order valence-electron chi connectivity index (χ0n) is 13.9. The molecule has 1 saturated heterocycles. The van der Waals surface area contributed by atoms with Gasteiger partial charge >= 0.3 is 0 Å². The molecule has 1 aliphatic heterocycles. The predicted octanol–water partition coefficient (Wildman–Crippen LogP) is 1.73. The van der Waals surface area contributed by atoms with E-state index < -0.39 is 6.04 Å². The second kappa shape index (κ2) is 8.31. The first kappa shape index (κ1) is 19.5. The highest BCUT2D eigenvalue weighted by molar-refractivity contribution is 5.97. The first-order valence-electron chi connectivity index (χ1n) is 7.80. The Kier molecular flexibility index (Phi) is 7.03. The molecule has 0 bridgehead atoms. The molecule has 6 heteroatoms. The Morgan fingerprint density at radius 1 is 1.35 bits per heavy atom. The van der Waals surface area contributed by atoms with Crippen LogP contribution in [0.5, 0.6) is 0 Å². The lowest BCUT2D eigenvalue weighted by molar-refractivity contribution is -0.133. The molecule has 0 aliphatic carbocycles. The van der Waals surface area contributed by atoms with Crippen LogP contribution in [0.4, 0.5) is 0 Å². The van der Waals surface area contributed by atoms with E-state index in [0.29, 0.717) is 18.7 Å². The van der Waals surface area contributed by atoms with Gasteiger partial charge in [-0.05, 0) is 31.4 Å². The van der Waals surface area contributed by atoms with Crippen LogP contribution in [0.1, 0.15) is 36.2 Å². The number of amides is 2. The molecule has 23 heavy (non-hydrogen) atoms. The minimum atomic E-state index is -0.515. The Hall–Kier alpha value is -1.59. The van der Waals surface area contributed by atoms with Gasteiger partial charge in [-0.2, -0.15) is 0 Å². The SMILES string of the molecule is Cc1cccc(C(=O)NC(C(=O)N2CC[C@@H](N)C2)C(C)C)c1.Cl. The maximum absolute atomic E-state index is 12.6. The lowest BCUT2D eigenvalue weighted by atomic mass is 10.0. The van der Waals surface area contributed by atoms with Crippen LogP contribution in [-0.2, 0) is 4.79 Å². The molecule has 0 aromatic heterocycles. The van der Waals surface area contributed by atoms with Crippen molar-refractivity contribution in [2.45, 2.75) is 39.3 Å². The molecule has 3 N–H and O–H groups in total. The quantitative estimate of drug-likeness (QED) is 0.877. The van der Waals surface area contributed by atoms with Gasteiger partial charge in [-0.15, -0.1) is 12.4 Å². The number of aryl methyl sites for hydroxylation is 1. The standard InChI is InChI=1S/C17H25N3O2.ClH/c1-11(2)15(17(22)20-8-7-14(18)10-20)19-16(21)13-6-4-5-12(3)9-13;/h4-6,9,11,14-15H,7-8,10,18H2,1-3H3,(H,19,21);1H/t14-,15?;/m1./s1. The summed E-state index contributed by atoms with van der Waals surface area (Å²) in [6.07, 6.45) is 0.822. The molecule has 2 rings (SSSR count). The van der Waals surface area contributed by atoms with Gasteiger partial charge in [0, 0.05) is 24.7 Å². The van der Waals surface area contributed by atoms with Crippen molar-refractivity contribution in [3.05, 3.63) is 35.4 Å². The van der Waals surface area contributed by atoms with E-state index in [-0.39, 0.29) is 36.2 Å². The van der Waals surface area contributed by atoms with Crippen molar-refractivity contribution >= 4 is 24.2 Å². The Morgan fingerprint density at radius 3 is 2.57 bits per heavy atom. The molecule has 128 valence electrons. The number of carbonyl (C=O) groups is 2. The lowest BCUT2D eigenvalue weighted by Crippen LogP contribution is -2.51. The first-order valence-corrected chi connectivity index (χ1v) is 7.80. The van der Waals surface area contributed by atoms with Crippen LogP contribution in [0.3, 0.4) is 0 Å². The highest BCUT2D eigenvalue weighted by Crippen LogP contribution is 2.14. The maximum atomic E-state index is 12.6. The topological polar surface area (TPSA) is 75.4 Å². The number of hydrogen-bond donors (Lipinski definition) is 2. The van der Waals surface area contributed by atoms with E-state index in [2.05, 4.69) is 5.32 Å². The average Bonchev–Trinajstić information content (AvgIpc) is 2.90. The van der Waals surface area contributed by atoms with Gasteiger partial charge in [-0.25, -0.2) is 0 Å². The number of hydrogen-bond acceptors (Lipinski definition) is 3. The van der Waals surface area contributed by atoms with Gasteiger partial charge in [0.05, 0.1) is 0 Å². The van der Waals surface area contributed by atoms with E-state index in [9.17, 15) is 9.59 Å². The van der Waals surface area contributed by atoms with Crippen LogP contribution in [0, 0.1) is 12.8 Å². The summed E-state index contributed by atoms with van der Waals surface area (Å²) in [5.41, 5.74) is 7.47. The molecule has 1 unspecified atom stereocenters. The summed E-state index contributed by atoms with van der Waals surface area (Å²) in [7, 11) is 0. The van der Waals surface area contributed by atoms with Gasteiger partial charge in [0.2, 0.25) is 5.91 Å². The summed E-state index contributed by atoms with van der Waals surface area (Å²) in [5.74, 6) is -0.221. The fraction of sp³-hybridized carbons (Fsp3) is 0.529. The largest absolute Gasteiger partial charge is 0.340 e. The Balaban J connectivity index is 0.00000264. The zero-order valence-corrected chi connectivity index (χ0v) is 14.7. The Morgan fingerprint density at radius 2 is 2.04 bits per heavy atom. The number of nitrogens with one attached hydrogen (secondary N) is 1. The number of benzene rings is 1. The Labute approximate surface area is 144 Å². The van der Waals surface area contributed by atoms with E-state index in [1.54, 1.807) is 11.0 Å². The number of nitrogens with two attached hydrogens (primary N) is 1. The molecule has 2 amide bonds. The van der Waals surface area contributed by atoms with E-state index in [4.69, 9.17) is 5.73 Å². The Bertz CT molecular complexity index is 563. The van der Waals surface area contributed by atoms with Gasteiger partial charge in [-0.3, -0.25) is 9.59 Å². The fourth-order valence-electron chi connectivity index (χ4n) is 2.71. The summed E-state index contributed by atoms with van der Waals surface area (Å²) < 4.78 is 0. The van der Waals surface area contributed by atoms with Crippen LogP contribution in [-0.4, -0.2) is 41.9 Å². The molecule has 1 fully saturated rings. The number of carbonyl (C=O) groups excluding carboxylic acids is 2. The van der Waals surface area contributed by atoms with Gasteiger partial charge in [0.1, 0.15) is 6.04 Å². The van der Waals surface area contributed by atoms with Gasteiger partial charge < -0.3 is 16.0 Å². The molecule has 1 aromatic rings. The highest BCUT2D eigenvalue weighted by Gasteiger charge is 2.32. The number of nitrogens with zero attached hydrogens (tertiary/aromatic N) is 1. The van der Waals surface area contributed by atoms with E-state index in [1.807, 2.05) is 39.0 Å². The molecule has 1 aromatic carbocycles. The number of likely N-dealkylation sites (tertiary alicyclic amines) is 1. The van der Waals surface area contributed by atoms with Crippen LogP contribution in [0.15, 0.2) is 24.3 Å². The number of halogens is 1. The molecule has 0 radical (unpaired) electrons. The van der Waals surface area contributed by atoms with Crippen LogP contribution in [0.2, 0.25) is 0 Å². The summed E-state index contributed by atoms with van der Waals surface area (Å²) >= 11 is 0. The predicted molar refractivity (Wildman–Crippen MR) is 93.7 cm³/mol. The van der Waals surface area contributed by atoms with Crippen LogP contribution >= 0.6 is 12.4 Å². The van der Waals surface area contributed by atoms with Crippen molar-refractivity contribution in [2.75, 3.05) is 13.1 Å². The van der Waals surface area contributed by atoms with E-state index >= 15 is 0 Å². The summed E-state index contributed by atoms with van der Waals surface area (Å²) in [4.78, 5) is 26.8. The van der Waals surface area contributed by atoms with Gasteiger partial charge in [0.15, 0.2) is 0 Å². The average molecular weight is 340 g/mol. The molecule has 0 saturated carbocycles. The summed E-state index contributed by atoms with van der Waals surface area (Å²) in [6, 6.07) is 6.89. The maximum Gasteiger partial charge on any atom is 0.251 e. The fourth-order valence-corrected chi connectivity index (χ4v) is 2.71. The molecule has 1 heterocycles. The van der Waals surface area contributed by atoms with E-state index in [1.165, 1.54) is 0 Å². The van der Waals surface area contributed by atoms with Crippen molar-refractivity contribution < 1.29 is 9.59 Å². The third-order valence-electron chi connectivity index (χ3n) is 4.04. The second-order valence-corrected chi connectivity index (χ2v) is 6.40. The normalized spacial score (nSPS) is 18.5. The highest BCUT2D eigenvalue weighted by atomic mass is 35.5. The third kappa shape index (κ3) is 4.94. The molecule has 2 atom stereocenters. The molecule has 5 nitrogen and oxygen atoms in total. The van der Waals surface area contributed by atoms with Crippen LogP contribution < -0.4 is 11.1 Å².